The number of amides is 2. The number of carbonyl (C=O) groups excluding carboxylic acids is 4. The van der Waals surface area contributed by atoms with Crippen molar-refractivity contribution in [2.45, 2.75) is 71.6 Å². The summed E-state index contributed by atoms with van der Waals surface area (Å²) in [5, 5.41) is 1.05. The van der Waals surface area contributed by atoms with Crippen LogP contribution in [0.5, 0.6) is 0 Å². The molecule has 2 atom stereocenters. The molecule has 0 radical (unpaired) electrons. The monoisotopic (exact) mass is 622 g/mol. The highest BCUT2D eigenvalue weighted by Gasteiger charge is 2.43. The van der Waals surface area contributed by atoms with Gasteiger partial charge in [0.15, 0.2) is 5.78 Å². The van der Waals surface area contributed by atoms with Crippen molar-refractivity contribution < 1.29 is 23.9 Å². The minimum absolute atomic E-state index is 0.193. The highest BCUT2D eigenvalue weighted by atomic mass is 35.5. The van der Waals surface area contributed by atoms with Crippen LogP contribution < -0.4 is 4.90 Å². The van der Waals surface area contributed by atoms with Gasteiger partial charge in [-0.3, -0.25) is 19.2 Å². The highest BCUT2D eigenvalue weighted by Crippen LogP contribution is 2.40. The smallest absolute Gasteiger partial charge is 0.306 e. The van der Waals surface area contributed by atoms with Crippen LogP contribution in [0.15, 0.2) is 66.7 Å². The Morgan fingerprint density at radius 1 is 0.907 bits per heavy atom. The Kier molecular flexibility index (Phi) is 9.98. The molecule has 4 rings (SSSR count). The Labute approximate surface area is 262 Å². The lowest BCUT2D eigenvalue weighted by Crippen LogP contribution is -2.44. The molecule has 3 aromatic rings. The average Bonchev–Trinajstić information content (AvgIpc) is 3.03. The van der Waals surface area contributed by atoms with Crippen molar-refractivity contribution in [1.29, 1.82) is 0 Å². The van der Waals surface area contributed by atoms with Crippen LogP contribution in [0.2, 0.25) is 10.0 Å². The third kappa shape index (κ3) is 7.64. The molecule has 9 heteroatoms. The Morgan fingerprint density at radius 3 is 2.09 bits per heavy atom. The molecular formula is C34H36Cl2N2O5. The molecule has 1 aliphatic rings. The number of nitrogens with zero attached hydrogens (tertiary/aromatic N) is 2. The maximum absolute atomic E-state index is 14.6. The van der Waals surface area contributed by atoms with Crippen LogP contribution in [0.4, 0.5) is 5.69 Å². The second-order valence-electron chi connectivity index (χ2n) is 11.7. The number of ether oxygens (including phenoxy) is 1. The van der Waals surface area contributed by atoms with Crippen LogP contribution in [0, 0.1) is 0 Å². The second-order valence-corrected chi connectivity index (χ2v) is 12.6. The maximum atomic E-state index is 14.6. The zero-order valence-corrected chi connectivity index (χ0v) is 26.5. The van der Waals surface area contributed by atoms with Gasteiger partial charge in [-0.1, -0.05) is 47.5 Å². The first kappa shape index (κ1) is 32.2. The van der Waals surface area contributed by atoms with Crippen molar-refractivity contribution >= 4 is 52.5 Å². The molecule has 1 aliphatic heterocycles. The lowest BCUT2D eigenvalue weighted by atomic mass is 9.98. The van der Waals surface area contributed by atoms with E-state index in [1.807, 2.05) is 39.8 Å². The summed E-state index contributed by atoms with van der Waals surface area (Å²) in [4.78, 5) is 56.9. The van der Waals surface area contributed by atoms with Gasteiger partial charge in [0, 0.05) is 28.6 Å². The fraction of sp³-hybridized carbons (Fsp3) is 0.353. The molecule has 0 N–H and O–H groups in total. The number of hydrogen-bond acceptors (Lipinski definition) is 5. The van der Waals surface area contributed by atoms with Crippen LogP contribution in [-0.4, -0.2) is 40.6 Å². The second kappa shape index (κ2) is 13.3. The number of hydrogen-bond donors (Lipinski definition) is 0. The zero-order valence-electron chi connectivity index (χ0n) is 25.0. The molecule has 0 saturated carbocycles. The van der Waals surface area contributed by atoms with Gasteiger partial charge in [0.05, 0.1) is 17.3 Å². The predicted octanol–water partition coefficient (Wildman–Crippen LogP) is 8.00. The van der Waals surface area contributed by atoms with E-state index >= 15 is 0 Å². The summed E-state index contributed by atoms with van der Waals surface area (Å²) < 4.78 is 5.43. The topological polar surface area (TPSA) is 84.0 Å². The molecule has 3 aromatic carbocycles. The minimum Gasteiger partial charge on any atom is -0.460 e. The van der Waals surface area contributed by atoms with E-state index in [1.54, 1.807) is 64.4 Å². The van der Waals surface area contributed by atoms with Crippen molar-refractivity contribution in [1.82, 2.24) is 4.90 Å². The Bertz CT molecular complexity index is 1510. The zero-order chi connectivity index (χ0) is 31.5. The number of benzene rings is 3. The summed E-state index contributed by atoms with van der Waals surface area (Å²) in [6.45, 7) is 9.01. The summed E-state index contributed by atoms with van der Waals surface area (Å²) in [6.07, 6.45) is 1.19. The number of ketones is 1. The summed E-state index contributed by atoms with van der Waals surface area (Å²) >= 11 is 12.3. The van der Waals surface area contributed by atoms with Gasteiger partial charge in [-0.2, -0.15) is 0 Å². The lowest BCUT2D eigenvalue weighted by molar-refractivity contribution is -0.154. The van der Waals surface area contributed by atoms with E-state index in [9.17, 15) is 19.2 Å². The number of unbranched alkanes of at least 4 members (excludes halogenated alkanes) is 1. The summed E-state index contributed by atoms with van der Waals surface area (Å²) in [7, 11) is 0. The first-order valence-corrected chi connectivity index (χ1v) is 15.0. The normalized spacial score (nSPS) is 16.0. The van der Waals surface area contributed by atoms with E-state index in [0.717, 1.165) is 5.56 Å². The molecule has 226 valence electrons. The Morgan fingerprint density at radius 2 is 1.51 bits per heavy atom. The van der Waals surface area contributed by atoms with Crippen LogP contribution in [0.25, 0.3) is 0 Å². The third-order valence-electron chi connectivity index (χ3n) is 7.32. The van der Waals surface area contributed by atoms with Gasteiger partial charge < -0.3 is 14.5 Å². The maximum Gasteiger partial charge on any atom is 0.306 e. The van der Waals surface area contributed by atoms with Crippen molar-refractivity contribution in [3.8, 4) is 0 Å². The number of rotatable bonds is 9. The molecule has 0 aliphatic carbocycles. The van der Waals surface area contributed by atoms with E-state index in [1.165, 1.54) is 6.92 Å². The molecule has 43 heavy (non-hydrogen) atoms. The SMILES string of the molecule is CC(=O)c1ccc2c(c1)C(=O)N(C(C)c1ccc(Cl)cc1)[C@H](c1ccc(Cl)cc1)C(=O)N2CCCCC(=O)OC(C)(C)C. The lowest BCUT2D eigenvalue weighted by Gasteiger charge is -2.36. The molecule has 1 unspecified atom stereocenters. The minimum atomic E-state index is -0.991. The Hall–Kier alpha value is -3.68. The molecule has 2 amide bonds. The fourth-order valence-electron chi connectivity index (χ4n) is 5.22. The van der Waals surface area contributed by atoms with Crippen molar-refractivity contribution in [3.05, 3.63) is 99.0 Å². The number of Topliss-reactive ketones (excluding diaryl/α,β-unsaturated/α-hetero) is 1. The number of anilines is 1. The fourth-order valence-corrected chi connectivity index (χ4v) is 5.47. The molecule has 1 heterocycles. The third-order valence-corrected chi connectivity index (χ3v) is 7.83. The van der Waals surface area contributed by atoms with Crippen molar-refractivity contribution in [2.24, 2.45) is 0 Å². The van der Waals surface area contributed by atoms with Gasteiger partial charge in [0.25, 0.3) is 11.8 Å². The number of halogens is 2. The van der Waals surface area contributed by atoms with E-state index in [2.05, 4.69) is 0 Å². The predicted molar refractivity (Wildman–Crippen MR) is 169 cm³/mol. The average molecular weight is 624 g/mol. The van der Waals surface area contributed by atoms with Gasteiger partial charge in [0.2, 0.25) is 0 Å². The molecule has 0 aromatic heterocycles. The molecular weight excluding hydrogens is 587 g/mol. The molecule has 0 bridgehead atoms. The highest BCUT2D eigenvalue weighted by molar-refractivity contribution is 6.30. The van der Waals surface area contributed by atoms with Crippen LogP contribution in [-0.2, 0) is 14.3 Å². The van der Waals surface area contributed by atoms with Crippen molar-refractivity contribution in [2.75, 3.05) is 11.4 Å². The van der Waals surface area contributed by atoms with E-state index in [0.29, 0.717) is 39.7 Å². The quantitative estimate of drug-likeness (QED) is 0.137. The number of esters is 1. The molecule has 0 spiro atoms. The first-order valence-electron chi connectivity index (χ1n) is 14.3. The Balaban J connectivity index is 1.79. The van der Waals surface area contributed by atoms with Gasteiger partial charge in [-0.25, -0.2) is 0 Å². The summed E-state index contributed by atoms with van der Waals surface area (Å²) in [5.41, 5.74) is 1.85. The van der Waals surface area contributed by atoms with Crippen molar-refractivity contribution in [3.63, 3.8) is 0 Å². The van der Waals surface area contributed by atoms with Crippen LogP contribution in [0.1, 0.15) is 97.8 Å². The summed E-state index contributed by atoms with van der Waals surface area (Å²) in [6, 6.07) is 17.4. The van der Waals surface area contributed by atoms with E-state index in [-0.39, 0.29) is 42.1 Å². The molecule has 7 nitrogen and oxygen atoms in total. The molecule has 0 fully saturated rings. The standard InChI is InChI=1S/C34H36Cl2N2O5/c1-21(23-9-14-26(35)15-10-23)38-31(24-11-16-27(36)17-12-24)33(42)37(19-7-6-8-30(40)43-34(3,4)5)29-18-13-25(22(2)39)20-28(29)32(38)41/h9-18,20-21,31H,6-8,19H2,1-5H3/t21?,31-/m1/s1. The van der Waals surface area contributed by atoms with E-state index in [4.69, 9.17) is 27.9 Å². The molecule has 0 saturated heterocycles. The largest absolute Gasteiger partial charge is 0.460 e. The number of fused-ring (bicyclic) bond motifs is 1. The van der Waals surface area contributed by atoms with E-state index < -0.39 is 17.7 Å². The van der Waals surface area contributed by atoms with Crippen LogP contribution in [0.3, 0.4) is 0 Å². The van der Waals surface area contributed by atoms with Gasteiger partial charge in [0.1, 0.15) is 11.6 Å². The summed E-state index contributed by atoms with van der Waals surface area (Å²) in [5.74, 6) is -1.19. The van der Waals surface area contributed by atoms with Gasteiger partial charge in [-0.15, -0.1) is 0 Å². The van der Waals surface area contributed by atoms with Crippen LogP contribution >= 0.6 is 23.2 Å². The van der Waals surface area contributed by atoms with Gasteiger partial charge >= 0.3 is 5.97 Å². The van der Waals surface area contributed by atoms with Gasteiger partial charge in [-0.05, 0) is 101 Å². The number of carbonyl (C=O) groups is 4. The first-order chi connectivity index (χ1) is 20.3.